The number of carboxylic acid groups (broad SMARTS) is 1. The van der Waals surface area contributed by atoms with Crippen molar-refractivity contribution in [2.24, 2.45) is 0 Å². The lowest BCUT2D eigenvalue weighted by Gasteiger charge is -2.13. The summed E-state index contributed by atoms with van der Waals surface area (Å²) in [5.41, 5.74) is 5.89. The molecule has 0 atom stereocenters. The van der Waals surface area contributed by atoms with Crippen molar-refractivity contribution in [3.05, 3.63) is 162 Å². The van der Waals surface area contributed by atoms with Crippen LogP contribution in [0.25, 0.3) is 33.4 Å². The van der Waals surface area contributed by atoms with Crippen molar-refractivity contribution in [2.75, 3.05) is 0 Å². The number of ether oxygens (including phenoxy) is 2. The zero-order valence-corrected chi connectivity index (χ0v) is 25.6. The molecule has 0 radical (unpaired) electrons. The number of carbonyl (C=O) groups excluding carboxylic acids is 2. The van der Waals surface area contributed by atoms with E-state index in [0.29, 0.717) is 22.6 Å². The molecule has 0 aliphatic carbocycles. The van der Waals surface area contributed by atoms with Gasteiger partial charge in [0.2, 0.25) is 0 Å². The van der Waals surface area contributed by atoms with E-state index in [4.69, 9.17) is 19.5 Å². The van der Waals surface area contributed by atoms with Gasteiger partial charge in [-0.3, -0.25) is 5.26 Å². The van der Waals surface area contributed by atoms with E-state index in [1.165, 1.54) is 12.1 Å². The van der Waals surface area contributed by atoms with Crippen LogP contribution in [0, 0.1) is 0 Å². The Morgan fingerprint density at radius 2 is 1.02 bits per heavy atom. The van der Waals surface area contributed by atoms with Crippen LogP contribution in [0.5, 0.6) is 17.2 Å². The highest BCUT2D eigenvalue weighted by Gasteiger charge is 2.20. The number of carbonyl (C=O) groups is 3. The zero-order chi connectivity index (χ0) is 33.9. The van der Waals surface area contributed by atoms with E-state index < -0.39 is 11.9 Å². The van der Waals surface area contributed by atoms with Gasteiger partial charge in [-0.15, -0.1) is 0 Å². The number of benzene rings is 6. The van der Waals surface area contributed by atoms with Crippen LogP contribution in [-0.4, -0.2) is 29.1 Å². The lowest BCUT2D eigenvalue weighted by molar-refractivity contribution is -0.253. The molecule has 6 aromatic rings. The van der Waals surface area contributed by atoms with Crippen molar-refractivity contribution in [3.8, 4) is 50.6 Å². The molecule has 0 aliphatic rings. The Labute approximate surface area is 277 Å². The predicted molar refractivity (Wildman–Crippen MR) is 182 cm³/mol. The first-order valence-corrected chi connectivity index (χ1v) is 14.8. The third-order valence-corrected chi connectivity index (χ3v) is 7.45. The molecule has 0 heterocycles. The van der Waals surface area contributed by atoms with Gasteiger partial charge in [0, 0.05) is 5.56 Å². The summed E-state index contributed by atoms with van der Waals surface area (Å²) in [6.07, 6.45) is 0. The quantitative estimate of drug-likeness (QED) is 0.0660. The molecule has 6 rings (SSSR count). The minimum atomic E-state index is -1.21. The average Bonchev–Trinajstić information content (AvgIpc) is 3.14. The Kier molecular flexibility index (Phi) is 10.9. The SMILES string of the molecule is C=O.O=C(O)c1ccc(-c2ccccc2)cc1C(=O)Oc1ccc(-c2ccc(Oc3cc(-c4ccccc4)ccc3COO)cc2)cc1. The number of carboxylic acids is 1. The smallest absolute Gasteiger partial charge is 0.344 e. The fourth-order valence-corrected chi connectivity index (χ4v) is 5.08. The van der Waals surface area contributed by atoms with E-state index in [1.807, 2.05) is 122 Å². The number of aromatic carboxylic acids is 1. The average molecular weight is 639 g/mol. The maximum Gasteiger partial charge on any atom is 0.344 e. The van der Waals surface area contributed by atoms with Gasteiger partial charge in [0.15, 0.2) is 0 Å². The van der Waals surface area contributed by atoms with Crippen molar-refractivity contribution >= 4 is 18.7 Å². The van der Waals surface area contributed by atoms with E-state index in [-0.39, 0.29) is 23.5 Å². The van der Waals surface area contributed by atoms with Crippen LogP contribution in [0.3, 0.4) is 0 Å². The fraction of sp³-hybridized carbons (Fsp3) is 0.0250. The van der Waals surface area contributed by atoms with Gasteiger partial charge in [0.05, 0.1) is 11.1 Å². The third-order valence-electron chi connectivity index (χ3n) is 7.45. The summed E-state index contributed by atoms with van der Waals surface area (Å²) in [6, 6.07) is 44.1. The molecule has 8 nitrogen and oxygen atoms in total. The maximum atomic E-state index is 13.1. The van der Waals surface area contributed by atoms with Gasteiger partial charge in [-0.1, -0.05) is 103 Å². The molecule has 0 aromatic heterocycles. The topological polar surface area (TPSA) is 119 Å². The second-order valence-electron chi connectivity index (χ2n) is 10.4. The molecule has 0 unspecified atom stereocenters. The molecule has 2 N–H and O–H groups in total. The minimum absolute atomic E-state index is 0.0184. The lowest BCUT2D eigenvalue weighted by Crippen LogP contribution is -2.14. The molecule has 6 aromatic carbocycles. The van der Waals surface area contributed by atoms with Gasteiger partial charge in [0.25, 0.3) is 0 Å². The van der Waals surface area contributed by atoms with Crippen LogP contribution in [0.2, 0.25) is 0 Å². The van der Waals surface area contributed by atoms with E-state index in [1.54, 1.807) is 18.2 Å². The molecule has 238 valence electrons. The van der Waals surface area contributed by atoms with Crippen molar-refractivity contribution in [1.29, 1.82) is 0 Å². The monoisotopic (exact) mass is 638 g/mol. The molecule has 0 saturated heterocycles. The van der Waals surface area contributed by atoms with Crippen LogP contribution < -0.4 is 9.47 Å². The van der Waals surface area contributed by atoms with E-state index >= 15 is 0 Å². The van der Waals surface area contributed by atoms with Crippen LogP contribution in [0.4, 0.5) is 0 Å². The Hall–Kier alpha value is -6.35. The number of esters is 1. The van der Waals surface area contributed by atoms with Crippen molar-refractivity contribution in [2.45, 2.75) is 6.61 Å². The van der Waals surface area contributed by atoms with E-state index in [9.17, 15) is 14.7 Å². The van der Waals surface area contributed by atoms with Gasteiger partial charge >= 0.3 is 11.9 Å². The lowest BCUT2D eigenvalue weighted by atomic mass is 9.99. The molecule has 48 heavy (non-hydrogen) atoms. The van der Waals surface area contributed by atoms with Crippen LogP contribution in [0.15, 0.2) is 146 Å². The molecule has 0 spiro atoms. The molecule has 0 fully saturated rings. The van der Waals surface area contributed by atoms with Crippen molar-refractivity contribution in [1.82, 2.24) is 0 Å². The highest BCUT2D eigenvalue weighted by molar-refractivity contribution is 6.04. The summed E-state index contributed by atoms with van der Waals surface area (Å²) in [5, 5.41) is 18.7. The number of hydrogen-bond donors (Lipinski definition) is 2. The van der Waals surface area contributed by atoms with Gasteiger partial charge in [0.1, 0.15) is 30.6 Å². The minimum Gasteiger partial charge on any atom is -0.478 e. The van der Waals surface area contributed by atoms with Crippen LogP contribution in [-0.2, 0) is 16.3 Å². The Morgan fingerprint density at radius 1 is 0.542 bits per heavy atom. The zero-order valence-electron chi connectivity index (χ0n) is 25.6. The van der Waals surface area contributed by atoms with Crippen molar-refractivity contribution < 1.29 is 39.1 Å². The molecular formula is C40H30O8. The Balaban J connectivity index is 0.00000221. The molecule has 0 saturated carbocycles. The third kappa shape index (κ3) is 7.89. The summed E-state index contributed by atoms with van der Waals surface area (Å²) >= 11 is 0. The van der Waals surface area contributed by atoms with Crippen LogP contribution in [0.1, 0.15) is 26.3 Å². The largest absolute Gasteiger partial charge is 0.478 e. The van der Waals surface area contributed by atoms with Crippen molar-refractivity contribution in [3.63, 3.8) is 0 Å². The van der Waals surface area contributed by atoms with Crippen LogP contribution >= 0.6 is 0 Å². The summed E-state index contributed by atoms with van der Waals surface area (Å²) < 4.78 is 11.8. The first-order valence-electron chi connectivity index (χ1n) is 14.8. The normalized spacial score (nSPS) is 10.4. The number of rotatable bonds is 10. The van der Waals surface area contributed by atoms with Gasteiger partial charge in [-0.05, 0) is 75.8 Å². The van der Waals surface area contributed by atoms with Gasteiger partial charge in [-0.25, -0.2) is 14.5 Å². The summed E-state index contributed by atoms with van der Waals surface area (Å²) in [4.78, 5) is 37.3. The van der Waals surface area contributed by atoms with E-state index in [2.05, 4.69) is 4.89 Å². The summed E-state index contributed by atoms with van der Waals surface area (Å²) in [7, 11) is 0. The molecular weight excluding hydrogens is 608 g/mol. The molecule has 8 heteroatoms. The molecule has 0 amide bonds. The van der Waals surface area contributed by atoms with Gasteiger partial charge < -0.3 is 19.4 Å². The predicted octanol–water partition coefficient (Wildman–Crippen LogP) is 9.20. The first kappa shape index (κ1) is 33.0. The maximum absolute atomic E-state index is 13.1. The highest BCUT2D eigenvalue weighted by Crippen LogP contribution is 2.33. The van der Waals surface area contributed by atoms with E-state index in [0.717, 1.165) is 27.8 Å². The summed E-state index contributed by atoms with van der Waals surface area (Å²) in [5.74, 6) is -0.518. The van der Waals surface area contributed by atoms with Gasteiger partial charge in [-0.2, -0.15) is 0 Å². The fourth-order valence-electron chi connectivity index (χ4n) is 5.08. The molecule has 0 bridgehead atoms. The second kappa shape index (κ2) is 15.8. The second-order valence-corrected chi connectivity index (χ2v) is 10.4. The summed E-state index contributed by atoms with van der Waals surface area (Å²) in [6.45, 7) is 1.98. The Bertz CT molecular complexity index is 1990. The standard InChI is InChI=1S/C39H28O7.CH2O/c40-38(41)35-22-17-30(26-7-3-1-4-8-26)23-36(35)39(42)46-34-20-15-29(16-21-34)28-13-18-33(19-14-28)45-37-24-31(11-12-32(37)25-44-43)27-9-5-2-6-10-27;1-2/h1-24,43H,25H2,(H,40,41);1H2. The number of hydrogen-bond acceptors (Lipinski definition) is 7. The first-order chi connectivity index (χ1) is 23.5. The molecule has 0 aliphatic heterocycles. The highest BCUT2D eigenvalue weighted by atomic mass is 17.1. The Morgan fingerprint density at radius 3 is 1.56 bits per heavy atom.